The van der Waals surface area contributed by atoms with Crippen molar-refractivity contribution in [2.75, 3.05) is 0 Å². The molecule has 0 bridgehead atoms. The number of ether oxygens (including phenoxy) is 1. The first kappa shape index (κ1) is 18.1. The van der Waals surface area contributed by atoms with Gasteiger partial charge in [0.15, 0.2) is 0 Å². The SMILES string of the molecule is CC(C)[C](CCc1cccnc1)c1ccc(OCc2ccccn2)cc1. The molecule has 0 unspecified atom stereocenters. The molecule has 2 heterocycles. The second kappa shape index (κ2) is 9.14. The zero-order valence-electron chi connectivity index (χ0n) is 15.4. The molecule has 26 heavy (non-hydrogen) atoms. The van der Waals surface area contributed by atoms with E-state index in [-0.39, 0.29) is 0 Å². The maximum Gasteiger partial charge on any atom is 0.130 e. The van der Waals surface area contributed by atoms with E-state index < -0.39 is 0 Å². The van der Waals surface area contributed by atoms with Crippen LogP contribution in [-0.2, 0) is 13.0 Å². The molecule has 0 aliphatic rings. The Balaban J connectivity index is 1.60. The van der Waals surface area contributed by atoms with Gasteiger partial charge in [0.05, 0.1) is 5.69 Å². The minimum Gasteiger partial charge on any atom is -0.487 e. The van der Waals surface area contributed by atoms with Gasteiger partial charge in [-0.1, -0.05) is 38.1 Å². The lowest BCUT2D eigenvalue weighted by Crippen LogP contribution is -2.09. The Morgan fingerprint density at radius 1 is 0.962 bits per heavy atom. The first-order valence-corrected chi connectivity index (χ1v) is 9.10. The molecular formula is C23H25N2O. The van der Waals surface area contributed by atoms with E-state index in [9.17, 15) is 0 Å². The molecule has 0 aliphatic carbocycles. The van der Waals surface area contributed by atoms with Gasteiger partial charge in [-0.15, -0.1) is 0 Å². The van der Waals surface area contributed by atoms with Crippen LogP contribution in [0.25, 0.3) is 0 Å². The molecule has 3 rings (SSSR count). The summed E-state index contributed by atoms with van der Waals surface area (Å²) in [6, 6.07) is 18.4. The number of rotatable bonds is 8. The molecule has 1 aromatic carbocycles. The summed E-state index contributed by atoms with van der Waals surface area (Å²) in [6.45, 7) is 5.00. The summed E-state index contributed by atoms with van der Waals surface area (Å²) < 4.78 is 5.84. The van der Waals surface area contributed by atoms with Gasteiger partial charge in [0.25, 0.3) is 0 Å². The van der Waals surface area contributed by atoms with E-state index in [1.165, 1.54) is 17.0 Å². The lowest BCUT2D eigenvalue weighted by Gasteiger charge is -2.21. The van der Waals surface area contributed by atoms with Crippen molar-refractivity contribution in [2.45, 2.75) is 33.3 Å². The summed E-state index contributed by atoms with van der Waals surface area (Å²) in [5, 5.41) is 0. The predicted octanol–water partition coefficient (Wildman–Crippen LogP) is 5.27. The number of hydrogen-bond acceptors (Lipinski definition) is 3. The standard InChI is InChI=1S/C23H25N2O/c1-18(2)23(13-8-19-6-5-14-24-16-19)20-9-11-22(12-10-20)26-17-21-7-3-4-15-25-21/h3-7,9-12,14-16,18H,8,13,17H2,1-2H3. The highest BCUT2D eigenvalue weighted by atomic mass is 16.5. The van der Waals surface area contributed by atoms with Gasteiger partial charge in [0.1, 0.15) is 12.4 Å². The Kier molecular flexibility index (Phi) is 6.37. The maximum absolute atomic E-state index is 5.84. The minimum atomic E-state index is 0.488. The third kappa shape index (κ3) is 5.16. The molecule has 0 saturated carbocycles. The maximum atomic E-state index is 5.84. The second-order valence-corrected chi connectivity index (χ2v) is 6.68. The summed E-state index contributed by atoms with van der Waals surface area (Å²) in [6.07, 6.45) is 7.61. The Morgan fingerprint density at radius 3 is 2.46 bits per heavy atom. The molecule has 0 aliphatic heterocycles. The van der Waals surface area contributed by atoms with E-state index in [0.717, 1.165) is 24.3 Å². The molecule has 0 N–H and O–H groups in total. The van der Waals surface area contributed by atoms with E-state index in [4.69, 9.17) is 4.74 Å². The summed E-state index contributed by atoms with van der Waals surface area (Å²) in [4.78, 5) is 8.49. The highest BCUT2D eigenvalue weighted by Gasteiger charge is 2.16. The van der Waals surface area contributed by atoms with E-state index in [1.54, 1.807) is 6.20 Å². The molecule has 0 fully saturated rings. The normalized spacial score (nSPS) is 11.1. The molecule has 3 heteroatoms. The Labute approximate surface area is 156 Å². The van der Waals surface area contributed by atoms with Crippen LogP contribution < -0.4 is 4.74 Å². The fourth-order valence-electron chi connectivity index (χ4n) is 3.00. The lowest BCUT2D eigenvalue weighted by atomic mass is 9.84. The summed E-state index contributed by atoms with van der Waals surface area (Å²) in [7, 11) is 0. The van der Waals surface area contributed by atoms with Crippen molar-refractivity contribution in [1.82, 2.24) is 9.97 Å². The van der Waals surface area contributed by atoms with Crippen LogP contribution in [-0.4, -0.2) is 9.97 Å². The van der Waals surface area contributed by atoms with Gasteiger partial charge in [0, 0.05) is 24.5 Å². The van der Waals surface area contributed by atoms with Gasteiger partial charge < -0.3 is 4.74 Å². The van der Waals surface area contributed by atoms with E-state index in [0.29, 0.717) is 12.5 Å². The Bertz CT molecular complexity index is 770. The van der Waals surface area contributed by atoms with Crippen LogP contribution in [0.5, 0.6) is 5.75 Å². The quantitative estimate of drug-likeness (QED) is 0.558. The van der Waals surface area contributed by atoms with Gasteiger partial charge >= 0.3 is 0 Å². The Morgan fingerprint density at radius 2 is 1.81 bits per heavy atom. The van der Waals surface area contributed by atoms with Crippen LogP contribution in [0.2, 0.25) is 0 Å². The van der Waals surface area contributed by atoms with Crippen LogP contribution in [0, 0.1) is 11.8 Å². The molecule has 3 aromatic rings. The first-order chi connectivity index (χ1) is 12.7. The topological polar surface area (TPSA) is 35.0 Å². The molecule has 3 nitrogen and oxygen atoms in total. The highest BCUT2D eigenvalue weighted by Crippen LogP contribution is 2.29. The number of benzene rings is 1. The summed E-state index contributed by atoms with van der Waals surface area (Å²) in [5.41, 5.74) is 3.50. The average molecular weight is 345 g/mol. The zero-order chi connectivity index (χ0) is 18.2. The first-order valence-electron chi connectivity index (χ1n) is 9.10. The lowest BCUT2D eigenvalue weighted by molar-refractivity contribution is 0.301. The largest absolute Gasteiger partial charge is 0.487 e. The van der Waals surface area contributed by atoms with Crippen LogP contribution >= 0.6 is 0 Å². The van der Waals surface area contributed by atoms with Gasteiger partial charge in [-0.05, 0) is 60.2 Å². The number of aromatic nitrogens is 2. The van der Waals surface area contributed by atoms with Crippen LogP contribution in [0.4, 0.5) is 0 Å². The third-order valence-corrected chi connectivity index (χ3v) is 4.44. The molecule has 2 aromatic heterocycles. The fraction of sp³-hybridized carbons (Fsp3) is 0.261. The van der Waals surface area contributed by atoms with E-state index in [2.05, 4.69) is 42.0 Å². The Hall–Kier alpha value is -2.68. The number of nitrogens with zero attached hydrogens (tertiary/aromatic N) is 2. The smallest absolute Gasteiger partial charge is 0.130 e. The molecule has 0 amide bonds. The summed E-state index contributed by atoms with van der Waals surface area (Å²) in [5.74, 6) is 2.84. The van der Waals surface area contributed by atoms with Crippen molar-refractivity contribution in [3.63, 3.8) is 0 Å². The van der Waals surface area contributed by atoms with Gasteiger partial charge in [-0.25, -0.2) is 0 Å². The molecule has 0 spiro atoms. The molecule has 1 radical (unpaired) electrons. The van der Waals surface area contributed by atoms with Crippen molar-refractivity contribution in [2.24, 2.45) is 5.92 Å². The zero-order valence-corrected chi connectivity index (χ0v) is 15.4. The second-order valence-electron chi connectivity index (χ2n) is 6.68. The van der Waals surface area contributed by atoms with Gasteiger partial charge in [0.2, 0.25) is 0 Å². The predicted molar refractivity (Wildman–Crippen MR) is 105 cm³/mol. The van der Waals surface area contributed by atoms with Crippen molar-refractivity contribution in [1.29, 1.82) is 0 Å². The fourth-order valence-corrected chi connectivity index (χ4v) is 3.00. The summed E-state index contributed by atoms with van der Waals surface area (Å²) >= 11 is 0. The van der Waals surface area contributed by atoms with Crippen LogP contribution in [0.3, 0.4) is 0 Å². The van der Waals surface area contributed by atoms with E-state index in [1.807, 2.05) is 48.8 Å². The molecule has 0 saturated heterocycles. The minimum absolute atomic E-state index is 0.488. The molecular weight excluding hydrogens is 320 g/mol. The molecule has 133 valence electrons. The number of pyridine rings is 2. The average Bonchev–Trinajstić information content (AvgIpc) is 2.69. The number of aryl methyl sites for hydroxylation is 1. The number of hydrogen-bond donors (Lipinski definition) is 0. The monoisotopic (exact) mass is 345 g/mol. The third-order valence-electron chi connectivity index (χ3n) is 4.44. The van der Waals surface area contributed by atoms with Crippen molar-refractivity contribution >= 4 is 0 Å². The molecule has 0 atom stereocenters. The van der Waals surface area contributed by atoms with Crippen molar-refractivity contribution in [3.05, 3.63) is 95.9 Å². The van der Waals surface area contributed by atoms with E-state index >= 15 is 0 Å². The highest BCUT2D eigenvalue weighted by molar-refractivity contribution is 5.37. The van der Waals surface area contributed by atoms with Gasteiger partial charge in [-0.2, -0.15) is 0 Å². The van der Waals surface area contributed by atoms with Crippen molar-refractivity contribution < 1.29 is 4.74 Å². The van der Waals surface area contributed by atoms with Gasteiger partial charge in [-0.3, -0.25) is 9.97 Å². The van der Waals surface area contributed by atoms with Crippen LogP contribution in [0.15, 0.2) is 73.2 Å². The van der Waals surface area contributed by atoms with Crippen molar-refractivity contribution in [3.8, 4) is 5.75 Å². The van der Waals surface area contributed by atoms with Crippen LogP contribution in [0.1, 0.15) is 37.1 Å².